The molecule has 1 aliphatic rings. The van der Waals surface area contributed by atoms with Crippen molar-refractivity contribution in [1.82, 2.24) is 14.1 Å². The highest BCUT2D eigenvalue weighted by molar-refractivity contribution is 7.71. The molecule has 9 heteroatoms. The second kappa shape index (κ2) is 7.28. The highest BCUT2D eigenvalue weighted by Crippen LogP contribution is 2.34. The number of benzene rings is 1. The van der Waals surface area contributed by atoms with Gasteiger partial charge < -0.3 is 5.11 Å². The molecule has 3 rings (SSSR count). The molecule has 0 radical (unpaired) electrons. The monoisotopic (exact) mass is 406 g/mol. The van der Waals surface area contributed by atoms with Crippen molar-refractivity contribution in [2.24, 2.45) is 19.2 Å². The first-order valence-electron chi connectivity index (χ1n) is 8.40. The van der Waals surface area contributed by atoms with Crippen LogP contribution in [0.4, 0.5) is 0 Å². The number of carbonyl (C=O) groups is 1. The summed E-state index contributed by atoms with van der Waals surface area (Å²) in [6, 6.07) is 6.76. The van der Waals surface area contributed by atoms with Crippen molar-refractivity contribution in [2.45, 2.75) is 25.8 Å². The largest absolute Gasteiger partial charge is 0.494 e. The van der Waals surface area contributed by atoms with E-state index < -0.39 is 5.56 Å². The lowest BCUT2D eigenvalue weighted by atomic mass is 9.99. The van der Waals surface area contributed by atoms with Crippen molar-refractivity contribution in [2.75, 3.05) is 0 Å². The first-order valence-corrected chi connectivity index (χ1v) is 9.19. The Kier molecular flexibility index (Phi) is 5.21. The van der Waals surface area contributed by atoms with Crippen LogP contribution in [0.3, 0.4) is 0 Å². The zero-order chi connectivity index (χ0) is 19.9. The molecular formula is C18H19ClN4O3S. The first-order chi connectivity index (χ1) is 12.8. The van der Waals surface area contributed by atoms with Gasteiger partial charge in [0.05, 0.1) is 11.8 Å². The average Bonchev–Trinajstić information content (AvgIpc) is 3.09. The van der Waals surface area contributed by atoms with Crippen molar-refractivity contribution in [3.63, 3.8) is 0 Å². The van der Waals surface area contributed by atoms with Gasteiger partial charge in [-0.3, -0.25) is 18.7 Å². The van der Waals surface area contributed by atoms with Gasteiger partial charge in [-0.1, -0.05) is 30.7 Å². The molecule has 1 unspecified atom stereocenters. The van der Waals surface area contributed by atoms with E-state index in [2.05, 4.69) is 5.10 Å². The molecule has 1 atom stereocenters. The zero-order valence-electron chi connectivity index (χ0n) is 15.1. The molecule has 0 aliphatic carbocycles. The molecule has 0 saturated heterocycles. The lowest BCUT2D eigenvalue weighted by molar-refractivity contribution is -0.132. The molecule has 2 aromatic rings. The molecule has 0 saturated carbocycles. The standard InChI is InChI=1S/C18H19ClN4O3S/c1-4-14(24)23-13(10-5-7-11(19)8-6-10)9-12(20-23)15-16(25)21(2)18(27)22(3)17(15)26/h5-8,13,25H,4,9H2,1-3H3. The van der Waals surface area contributed by atoms with Gasteiger partial charge in [0, 0.05) is 32.0 Å². The number of hydrogen-bond acceptors (Lipinski definition) is 5. The van der Waals surface area contributed by atoms with Crippen LogP contribution in [-0.4, -0.2) is 30.9 Å². The SMILES string of the molecule is CCC(=O)N1N=C(c2c(O)n(C)c(=S)n(C)c2=O)CC1c1ccc(Cl)cc1. The Morgan fingerprint density at radius 2 is 1.93 bits per heavy atom. The maximum atomic E-state index is 12.7. The molecule has 1 N–H and O–H groups in total. The normalized spacial score (nSPS) is 16.5. The third kappa shape index (κ3) is 3.30. The van der Waals surface area contributed by atoms with Crippen LogP contribution in [0.1, 0.15) is 36.9 Å². The van der Waals surface area contributed by atoms with Gasteiger partial charge in [0.25, 0.3) is 5.56 Å². The van der Waals surface area contributed by atoms with Crippen LogP contribution in [0.5, 0.6) is 5.88 Å². The summed E-state index contributed by atoms with van der Waals surface area (Å²) in [5.74, 6) is -0.437. The summed E-state index contributed by atoms with van der Waals surface area (Å²) in [6.07, 6.45) is 0.566. The molecule has 0 spiro atoms. The molecule has 1 aromatic carbocycles. The molecule has 0 bridgehead atoms. The van der Waals surface area contributed by atoms with E-state index in [-0.39, 0.29) is 34.6 Å². The minimum atomic E-state index is -0.449. The zero-order valence-corrected chi connectivity index (χ0v) is 16.7. The number of aromatic hydroxyl groups is 1. The molecule has 1 aliphatic heterocycles. The fraction of sp³-hybridized carbons (Fsp3) is 0.333. The second-order valence-electron chi connectivity index (χ2n) is 6.31. The van der Waals surface area contributed by atoms with Crippen LogP contribution in [0, 0.1) is 4.77 Å². The average molecular weight is 407 g/mol. The van der Waals surface area contributed by atoms with Crippen LogP contribution in [0.25, 0.3) is 0 Å². The third-order valence-corrected chi connectivity index (χ3v) is 5.45. The minimum absolute atomic E-state index is 0.0546. The van der Waals surface area contributed by atoms with E-state index >= 15 is 0 Å². The van der Waals surface area contributed by atoms with Gasteiger partial charge in [-0.05, 0) is 29.9 Å². The van der Waals surface area contributed by atoms with Crippen LogP contribution in [0.2, 0.25) is 5.02 Å². The molecule has 1 amide bonds. The van der Waals surface area contributed by atoms with E-state index in [1.807, 2.05) is 12.1 Å². The highest BCUT2D eigenvalue weighted by atomic mass is 35.5. The van der Waals surface area contributed by atoms with Gasteiger partial charge in [0.15, 0.2) is 4.77 Å². The predicted molar refractivity (Wildman–Crippen MR) is 106 cm³/mol. The first kappa shape index (κ1) is 19.3. The molecule has 7 nitrogen and oxygen atoms in total. The molecule has 142 valence electrons. The summed E-state index contributed by atoms with van der Waals surface area (Å²) in [5, 5.41) is 16.9. The minimum Gasteiger partial charge on any atom is -0.494 e. The summed E-state index contributed by atoms with van der Waals surface area (Å²) in [5.41, 5.74) is 0.801. The number of amides is 1. The maximum Gasteiger partial charge on any atom is 0.267 e. The van der Waals surface area contributed by atoms with E-state index in [4.69, 9.17) is 23.8 Å². The molecule has 0 fully saturated rings. The molecule has 27 heavy (non-hydrogen) atoms. The number of aromatic nitrogens is 2. The highest BCUT2D eigenvalue weighted by Gasteiger charge is 2.35. The smallest absolute Gasteiger partial charge is 0.267 e. The van der Waals surface area contributed by atoms with Gasteiger partial charge in [0.1, 0.15) is 5.56 Å². The summed E-state index contributed by atoms with van der Waals surface area (Å²) in [4.78, 5) is 25.1. The van der Waals surface area contributed by atoms with Crippen LogP contribution in [-0.2, 0) is 18.9 Å². The Morgan fingerprint density at radius 1 is 1.30 bits per heavy atom. The number of carbonyl (C=O) groups excluding carboxylic acids is 1. The van der Waals surface area contributed by atoms with Crippen molar-refractivity contribution in [1.29, 1.82) is 0 Å². The fourth-order valence-electron chi connectivity index (χ4n) is 3.08. The van der Waals surface area contributed by atoms with E-state index in [1.165, 1.54) is 21.2 Å². The van der Waals surface area contributed by atoms with E-state index in [0.717, 1.165) is 5.56 Å². The Bertz CT molecular complexity index is 1060. The van der Waals surface area contributed by atoms with Crippen molar-refractivity contribution in [3.05, 3.63) is 55.5 Å². The topological polar surface area (TPSA) is 79.8 Å². The molecule has 2 heterocycles. The summed E-state index contributed by atoms with van der Waals surface area (Å²) in [7, 11) is 3.11. The quantitative estimate of drug-likeness (QED) is 0.795. The summed E-state index contributed by atoms with van der Waals surface area (Å²) < 4.78 is 2.81. The van der Waals surface area contributed by atoms with E-state index in [1.54, 1.807) is 26.1 Å². The number of hydrazone groups is 1. The Labute approximate surface area is 166 Å². The Hall–Kier alpha value is -2.45. The lowest BCUT2D eigenvalue weighted by Crippen LogP contribution is -2.28. The van der Waals surface area contributed by atoms with Gasteiger partial charge in [-0.2, -0.15) is 5.10 Å². The number of rotatable bonds is 3. The Balaban J connectivity index is 2.13. The number of nitrogens with zero attached hydrogens (tertiary/aromatic N) is 4. The second-order valence-corrected chi connectivity index (χ2v) is 7.12. The van der Waals surface area contributed by atoms with Gasteiger partial charge >= 0.3 is 0 Å². The van der Waals surface area contributed by atoms with E-state index in [9.17, 15) is 14.7 Å². The van der Waals surface area contributed by atoms with Crippen LogP contribution in [0.15, 0.2) is 34.2 Å². The van der Waals surface area contributed by atoms with Crippen LogP contribution >= 0.6 is 23.8 Å². The Morgan fingerprint density at radius 3 is 2.52 bits per heavy atom. The summed E-state index contributed by atoms with van der Waals surface area (Å²) >= 11 is 11.1. The lowest BCUT2D eigenvalue weighted by Gasteiger charge is -2.21. The summed E-state index contributed by atoms with van der Waals surface area (Å²) in [6.45, 7) is 1.75. The molecule has 1 aromatic heterocycles. The van der Waals surface area contributed by atoms with Crippen LogP contribution < -0.4 is 5.56 Å². The van der Waals surface area contributed by atoms with Gasteiger partial charge in [0.2, 0.25) is 11.8 Å². The predicted octanol–water partition coefficient (Wildman–Crippen LogP) is 2.90. The van der Waals surface area contributed by atoms with E-state index in [0.29, 0.717) is 17.2 Å². The number of halogens is 1. The fourth-order valence-corrected chi connectivity index (χ4v) is 3.38. The third-order valence-electron chi connectivity index (χ3n) is 4.65. The molecular weight excluding hydrogens is 388 g/mol. The van der Waals surface area contributed by atoms with Crippen molar-refractivity contribution in [3.8, 4) is 5.88 Å². The maximum absolute atomic E-state index is 12.7. The van der Waals surface area contributed by atoms with Gasteiger partial charge in [-0.25, -0.2) is 5.01 Å². The van der Waals surface area contributed by atoms with Gasteiger partial charge in [-0.15, -0.1) is 0 Å². The van der Waals surface area contributed by atoms with Crippen molar-refractivity contribution < 1.29 is 9.90 Å². The van der Waals surface area contributed by atoms with Crippen molar-refractivity contribution >= 4 is 35.4 Å². The number of hydrogen-bond donors (Lipinski definition) is 1.